The summed E-state index contributed by atoms with van der Waals surface area (Å²) in [5.41, 5.74) is 2.47. The number of quaternary nitrogens is 1. The number of hydrogen-bond acceptors (Lipinski definition) is 3. The van der Waals surface area contributed by atoms with Gasteiger partial charge in [0.1, 0.15) is 38.1 Å². The van der Waals surface area contributed by atoms with Crippen molar-refractivity contribution in [3.05, 3.63) is 29.3 Å². The van der Waals surface area contributed by atoms with E-state index in [1.54, 1.807) is 0 Å². The standard InChI is InChI=1S/C15H23NO3/c1-12-3-4-15(9-13(12)2)19-11-14(17)10-16-5-7-18-8-6-16/h3-4,9,14,17H,5-8,10-11H2,1-2H3/p+1/t14-/m1/s1. The molecule has 0 aromatic heterocycles. The van der Waals surface area contributed by atoms with Crippen LogP contribution in [0.3, 0.4) is 0 Å². The average molecular weight is 266 g/mol. The third kappa shape index (κ3) is 4.49. The topological polar surface area (TPSA) is 43.1 Å². The normalized spacial score (nSPS) is 18.3. The molecule has 1 atom stereocenters. The fourth-order valence-corrected chi connectivity index (χ4v) is 2.25. The van der Waals surface area contributed by atoms with E-state index in [9.17, 15) is 5.11 Å². The van der Waals surface area contributed by atoms with E-state index < -0.39 is 6.10 Å². The minimum absolute atomic E-state index is 0.354. The van der Waals surface area contributed by atoms with Crippen LogP contribution in [0.25, 0.3) is 0 Å². The van der Waals surface area contributed by atoms with E-state index in [2.05, 4.69) is 13.8 Å². The van der Waals surface area contributed by atoms with Crippen LogP contribution in [0.15, 0.2) is 18.2 Å². The average Bonchev–Trinajstić information content (AvgIpc) is 2.41. The molecule has 1 aromatic rings. The third-order valence-electron chi connectivity index (χ3n) is 3.64. The fourth-order valence-electron chi connectivity index (χ4n) is 2.25. The molecule has 0 amide bonds. The zero-order valence-electron chi connectivity index (χ0n) is 11.8. The zero-order valence-corrected chi connectivity index (χ0v) is 11.8. The molecule has 1 heterocycles. The maximum Gasteiger partial charge on any atom is 0.137 e. The summed E-state index contributed by atoms with van der Waals surface area (Å²) < 4.78 is 11.0. The van der Waals surface area contributed by atoms with Gasteiger partial charge in [-0.05, 0) is 37.1 Å². The quantitative estimate of drug-likeness (QED) is 0.786. The van der Waals surface area contributed by atoms with Gasteiger partial charge in [-0.25, -0.2) is 0 Å². The molecule has 106 valence electrons. The smallest absolute Gasteiger partial charge is 0.137 e. The van der Waals surface area contributed by atoms with Crippen molar-refractivity contribution in [1.82, 2.24) is 0 Å². The zero-order chi connectivity index (χ0) is 13.7. The van der Waals surface area contributed by atoms with Gasteiger partial charge in [-0.15, -0.1) is 0 Å². The van der Waals surface area contributed by atoms with Gasteiger partial charge < -0.3 is 19.5 Å². The lowest BCUT2D eigenvalue weighted by molar-refractivity contribution is -0.911. The predicted molar refractivity (Wildman–Crippen MR) is 73.8 cm³/mol. The van der Waals surface area contributed by atoms with Crippen molar-refractivity contribution in [2.45, 2.75) is 20.0 Å². The van der Waals surface area contributed by atoms with Gasteiger partial charge in [-0.1, -0.05) is 6.07 Å². The predicted octanol–water partition coefficient (Wildman–Crippen LogP) is -0.0418. The third-order valence-corrected chi connectivity index (χ3v) is 3.64. The van der Waals surface area contributed by atoms with E-state index in [1.165, 1.54) is 16.0 Å². The largest absolute Gasteiger partial charge is 0.491 e. The van der Waals surface area contributed by atoms with Crippen LogP contribution in [0.2, 0.25) is 0 Å². The Morgan fingerprint density at radius 2 is 2.00 bits per heavy atom. The minimum Gasteiger partial charge on any atom is -0.491 e. The molecule has 0 aliphatic carbocycles. The van der Waals surface area contributed by atoms with Gasteiger partial charge in [-0.2, -0.15) is 0 Å². The Morgan fingerprint density at radius 1 is 1.26 bits per heavy atom. The van der Waals surface area contributed by atoms with Crippen LogP contribution in [0.5, 0.6) is 5.75 Å². The van der Waals surface area contributed by atoms with Gasteiger partial charge in [0.05, 0.1) is 13.2 Å². The lowest BCUT2D eigenvalue weighted by atomic mass is 10.1. The number of benzene rings is 1. The van der Waals surface area contributed by atoms with Crippen molar-refractivity contribution >= 4 is 0 Å². The summed E-state index contributed by atoms with van der Waals surface area (Å²) in [5, 5.41) is 10.00. The molecule has 2 rings (SSSR count). The Kier molecular flexibility index (Phi) is 5.19. The minimum atomic E-state index is -0.422. The molecule has 2 N–H and O–H groups in total. The van der Waals surface area contributed by atoms with Crippen molar-refractivity contribution in [2.75, 3.05) is 39.5 Å². The fraction of sp³-hybridized carbons (Fsp3) is 0.600. The number of aryl methyl sites for hydroxylation is 2. The van der Waals surface area contributed by atoms with Gasteiger partial charge in [0, 0.05) is 0 Å². The number of ether oxygens (including phenoxy) is 2. The Bertz CT molecular complexity index is 402. The van der Waals surface area contributed by atoms with Crippen LogP contribution in [0, 0.1) is 13.8 Å². The second kappa shape index (κ2) is 6.89. The molecule has 19 heavy (non-hydrogen) atoms. The highest BCUT2D eigenvalue weighted by Gasteiger charge is 2.18. The number of aliphatic hydroxyl groups excluding tert-OH is 1. The Morgan fingerprint density at radius 3 is 2.68 bits per heavy atom. The van der Waals surface area contributed by atoms with E-state index in [4.69, 9.17) is 9.47 Å². The molecule has 0 bridgehead atoms. The van der Waals surface area contributed by atoms with E-state index in [0.29, 0.717) is 6.61 Å². The van der Waals surface area contributed by atoms with Gasteiger partial charge in [0.2, 0.25) is 0 Å². The Hall–Kier alpha value is -1.10. The van der Waals surface area contributed by atoms with E-state index in [-0.39, 0.29) is 0 Å². The van der Waals surface area contributed by atoms with Gasteiger partial charge >= 0.3 is 0 Å². The molecular formula is C15H24NO3+. The van der Waals surface area contributed by atoms with E-state index in [0.717, 1.165) is 38.6 Å². The first-order valence-electron chi connectivity index (χ1n) is 6.94. The molecule has 1 aromatic carbocycles. The molecule has 0 spiro atoms. The first kappa shape index (κ1) is 14.3. The number of morpholine rings is 1. The summed E-state index contributed by atoms with van der Waals surface area (Å²) in [4.78, 5) is 1.39. The monoisotopic (exact) mass is 266 g/mol. The van der Waals surface area contributed by atoms with Crippen LogP contribution in [0.1, 0.15) is 11.1 Å². The molecule has 4 heteroatoms. The Labute approximate surface area is 114 Å². The molecule has 1 fully saturated rings. The first-order chi connectivity index (χ1) is 9.15. The van der Waals surface area contributed by atoms with Crippen LogP contribution < -0.4 is 9.64 Å². The lowest BCUT2D eigenvalue weighted by Crippen LogP contribution is -3.15. The molecule has 1 aliphatic rings. The summed E-state index contributed by atoms with van der Waals surface area (Å²) in [7, 11) is 0. The molecule has 0 unspecified atom stereocenters. The van der Waals surface area contributed by atoms with Gasteiger partial charge in [0.15, 0.2) is 0 Å². The van der Waals surface area contributed by atoms with Crippen molar-refractivity contribution in [3.8, 4) is 5.75 Å². The van der Waals surface area contributed by atoms with Crippen molar-refractivity contribution in [3.63, 3.8) is 0 Å². The summed E-state index contributed by atoms with van der Waals surface area (Å²) in [6, 6.07) is 6.02. The molecule has 1 saturated heterocycles. The molecule has 0 saturated carbocycles. The van der Waals surface area contributed by atoms with Crippen LogP contribution in [-0.4, -0.2) is 50.7 Å². The highest BCUT2D eigenvalue weighted by atomic mass is 16.5. The number of rotatable bonds is 5. The van der Waals surface area contributed by atoms with Crippen molar-refractivity contribution in [2.24, 2.45) is 0 Å². The molecule has 1 aliphatic heterocycles. The number of aliphatic hydroxyl groups is 1. The number of hydrogen-bond donors (Lipinski definition) is 2. The van der Waals surface area contributed by atoms with Crippen LogP contribution in [0.4, 0.5) is 0 Å². The highest BCUT2D eigenvalue weighted by molar-refractivity contribution is 5.33. The lowest BCUT2D eigenvalue weighted by Gasteiger charge is -2.25. The molecular weight excluding hydrogens is 242 g/mol. The second-order valence-electron chi connectivity index (χ2n) is 5.28. The van der Waals surface area contributed by atoms with Gasteiger partial charge in [0.25, 0.3) is 0 Å². The first-order valence-corrected chi connectivity index (χ1v) is 6.94. The van der Waals surface area contributed by atoms with Crippen molar-refractivity contribution < 1.29 is 19.5 Å². The maximum atomic E-state index is 10.00. The highest BCUT2D eigenvalue weighted by Crippen LogP contribution is 2.16. The second-order valence-corrected chi connectivity index (χ2v) is 5.28. The summed E-state index contributed by atoms with van der Waals surface area (Å²) in [6.07, 6.45) is -0.422. The maximum absolute atomic E-state index is 10.00. The Balaban J connectivity index is 1.75. The van der Waals surface area contributed by atoms with E-state index in [1.807, 2.05) is 18.2 Å². The summed E-state index contributed by atoms with van der Waals surface area (Å²) >= 11 is 0. The van der Waals surface area contributed by atoms with Crippen molar-refractivity contribution in [1.29, 1.82) is 0 Å². The molecule has 4 nitrogen and oxygen atoms in total. The van der Waals surface area contributed by atoms with Crippen LogP contribution >= 0.6 is 0 Å². The summed E-state index contributed by atoms with van der Waals surface area (Å²) in [6.45, 7) is 8.76. The number of nitrogens with one attached hydrogen (secondary N) is 1. The van der Waals surface area contributed by atoms with E-state index >= 15 is 0 Å². The SMILES string of the molecule is Cc1ccc(OC[C@H](O)C[NH+]2CCOCC2)cc1C. The molecule has 0 radical (unpaired) electrons. The summed E-state index contributed by atoms with van der Waals surface area (Å²) in [5.74, 6) is 0.833. The van der Waals surface area contributed by atoms with Gasteiger partial charge in [-0.3, -0.25) is 0 Å². The van der Waals surface area contributed by atoms with Crippen LogP contribution in [-0.2, 0) is 4.74 Å².